The van der Waals surface area contributed by atoms with Gasteiger partial charge in [-0.3, -0.25) is 9.69 Å². The van der Waals surface area contributed by atoms with Gasteiger partial charge in [-0.25, -0.2) is 0 Å². The first kappa shape index (κ1) is 18.0. The molecule has 1 unspecified atom stereocenters. The molecule has 0 heterocycles. The quantitative estimate of drug-likeness (QED) is 0.801. The fourth-order valence-electron chi connectivity index (χ4n) is 3.30. The van der Waals surface area contributed by atoms with E-state index in [9.17, 15) is 4.79 Å². The maximum atomic E-state index is 12.3. The summed E-state index contributed by atoms with van der Waals surface area (Å²) in [5.74, 6) is 0.133. The molecule has 4 heteroatoms. The molecule has 1 aromatic rings. The average molecular weight is 318 g/mol. The predicted molar refractivity (Wildman–Crippen MR) is 93.5 cm³/mol. The first-order valence-electron chi connectivity index (χ1n) is 8.71. The van der Waals surface area contributed by atoms with Gasteiger partial charge < -0.3 is 10.1 Å². The molecule has 2 rings (SSSR count). The number of rotatable bonds is 8. The predicted octanol–water partition coefficient (Wildman–Crippen LogP) is 2.62. The van der Waals surface area contributed by atoms with E-state index < -0.39 is 0 Å². The molecule has 1 aromatic carbocycles. The third kappa shape index (κ3) is 6.32. The van der Waals surface area contributed by atoms with Crippen LogP contribution >= 0.6 is 0 Å². The van der Waals surface area contributed by atoms with Crippen molar-refractivity contribution in [3.63, 3.8) is 0 Å². The van der Waals surface area contributed by atoms with Gasteiger partial charge in [0.1, 0.15) is 0 Å². The molecule has 128 valence electrons. The van der Waals surface area contributed by atoms with Crippen LogP contribution in [-0.2, 0) is 16.0 Å². The number of nitrogens with one attached hydrogen (secondary N) is 1. The smallest absolute Gasteiger partial charge is 0.234 e. The lowest BCUT2D eigenvalue weighted by atomic mass is 9.95. The molecule has 1 saturated carbocycles. The summed E-state index contributed by atoms with van der Waals surface area (Å²) in [6, 6.07) is 11.0. The Morgan fingerprint density at radius 3 is 2.61 bits per heavy atom. The van der Waals surface area contributed by atoms with Crippen molar-refractivity contribution in [2.24, 2.45) is 0 Å². The van der Waals surface area contributed by atoms with Gasteiger partial charge in [0.05, 0.1) is 13.2 Å². The zero-order chi connectivity index (χ0) is 16.5. The van der Waals surface area contributed by atoms with Gasteiger partial charge in [0.2, 0.25) is 5.91 Å². The topological polar surface area (TPSA) is 41.6 Å². The molecular formula is C19H30N2O2. The van der Waals surface area contributed by atoms with E-state index in [4.69, 9.17) is 4.74 Å². The summed E-state index contributed by atoms with van der Waals surface area (Å²) < 4.78 is 5.36. The number of nitrogens with zero attached hydrogens (tertiary/aromatic N) is 1. The first-order valence-corrected chi connectivity index (χ1v) is 8.71. The number of carbonyl (C=O) groups excluding carboxylic acids is 1. The normalized spacial score (nSPS) is 17.2. The van der Waals surface area contributed by atoms with Crippen LogP contribution in [0.4, 0.5) is 0 Å². The number of ether oxygens (including phenoxy) is 1. The largest absolute Gasteiger partial charge is 0.383 e. The molecule has 4 nitrogen and oxygen atoms in total. The molecule has 0 bridgehead atoms. The minimum absolute atomic E-state index is 0.133. The van der Waals surface area contributed by atoms with E-state index in [1.54, 1.807) is 7.11 Å². The summed E-state index contributed by atoms with van der Waals surface area (Å²) >= 11 is 0. The summed E-state index contributed by atoms with van der Waals surface area (Å²) in [6.07, 6.45) is 6.92. The molecule has 0 radical (unpaired) electrons. The van der Waals surface area contributed by atoms with Gasteiger partial charge in [-0.15, -0.1) is 0 Å². The lowest BCUT2D eigenvalue weighted by Gasteiger charge is -2.29. The second-order valence-corrected chi connectivity index (χ2v) is 6.62. The summed E-state index contributed by atoms with van der Waals surface area (Å²) in [4.78, 5) is 14.4. The molecule has 0 saturated heterocycles. The van der Waals surface area contributed by atoms with Crippen LogP contribution in [0.15, 0.2) is 30.3 Å². The summed E-state index contributed by atoms with van der Waals surface area (Å²) in [5.41, 5.74) is 1.27. The highest BCUT2D eigenvalue weighted by Crippen LogP contribution is 2.17. The van der Waals surface area contributed by atoms with Crippen LogP contribution in [0.25, 0.3) is 0 Å². The Morgan fingerprint density at radius 2 is 1.96 bits per heavy atom. The Hall–Kier alpha value is -1.39. The average Bonchev–Trinajstić information content (AvgIpc) is 2.56. The van der Waals surface area contributed by atoms with Crippen molar-refractivity contribution >= 4 is 5.91 Å². The molecule has 0 aromatic heterocycles. The highest BCUT2D eigenvalue weighted by molar-refractivity contribution is 5.78. The first-order chi connectivity index (χ1) is 11.2. The number of hydrogen-bond donors (Lipinski definition) is 1. The van der Waals surface area contributed by atoms with Gasteiger partial charge in [-0.05, 0) is 31.9 Å². The van der Waals surface area contributed by atoms with E-state index in [1.165, 1.54) is 24.8 Å². The van der Waals surface area contributed by atoms with Crippen molar-refractivity contribution in [1.29, 1.82) is 0 Å². The lowest BCUT2D eigenvalue weighted by Crippen LogP contribution is -2.46. The zero-order valence-corrected chi connectivity index (χ0v) is 14.5. The molecule has 1 aliphatic carbocycles. The van der Waals surface area contributed by atoms with Crippen molar-refractivity contribution in [1.82, 2.24) is 10.2 Å². The van der Waals surface area contributed by atoms with Gasteiger partial charge in [0, 0.05) is 19.2 Å². The highest BCUT2D eigenvalue weighted by Gasteiger charge is 2.20. The molecule has 1 aliphatic rings. The van der Waals surface area contributed by atoms with Gasteiger partial charge in [0.15, 0.2) is 0 Å². The summed E-state index contributed by atoms with van der Waals surface area (Å²) in [5, 5.41) is 3.19. The third-order valence-corrected chi connectivity index (χ3v) is 4.66. The van der Waals surface area contributed by atoms with Crippen molar-refractivity contribution in [2.45, 2.75) is 50.6 Å². The van der Waals surface area contributed by atoms with E-state index in [-0.39, 0.29) is 11.9 Å². The fraction of sp³-hybridized carbons (Fsp3) is 0.632. The van der Waals surface area contributed by atoms with Crippen LogP contribution < -0.4 is 5.32 Å². The summed E-state index contributed by atoms with van der Waals surface area (Å²) in [7, 11) is 3.72. The van der Waals surface area contributed by atoms with Crippen molar-refractivity contribution < 1.29 is 9.53 Å². The molecule has 23 heavy (non-hydrogen) atoms. The lowest BCUT2D eigenvalue weighted by molar-refractivity contribution is -0.123. The number of benzene rings is 1. The Kier molecular flexibility index (Phi) is 7.56. The number of amides is 1. The molecule has 1 fully saturated rings. The van der Waals surface area contributed by atoms with Crippen LogP contribution in [-0.4, -0.2) is 50.2 Å². The van der Waals surface area contributed by atoms with E-state index in [2.05, 4.69) is 34.5 Å². The Labute approximate surface area is 140 Å². The molecule has 1 N–H and O–H groups in total. The van der Waals surface area contributed by atoms with Crippen molar-refractivity contribution in [3.8, 4) is 0 Å². The monoisotopic (exact) mass is 318 g/mol. The van der Waals surface area contributed by atoms with Crippen LogP contribution in [0.2, 0.25) is 0 Å². The van der Waals surface area contributed by atoms with Crippen LogP contribution in [0.3, 0.4) is 0 Å². The number of methoxy groups -OCH3 is 1. The van der Waals surface area contributed by atoms with Gasteiger partial charge >= 0.3 is 0 Å². The van der Waals surface area contributed by atoms with Gasteiger partial charge in [0.25, 0.3) is 0 Å². The number of carbonyl (C=O) groups is 1. The second-order valence-electron chi connectivity index (χ2n) is 6.62. The van der Waals surface area contributed by atoms with E-state index in [0.29, 0.717) is 19.2 Å². The van der Waals surface area contributed by atoms with E-state index in [1.807, 2.05) is 13.1 Å². The second kappa shape index (κ2) is 9.68. The standard InChI is InChI=1S/C19H30N2O2/c1-21(14-19(22)20-17-11-7-4-8-12-17)18(15-23-2)13-16-9-5-3-6-10-16/h3,5-6,9-10,17-18H,4,7-8,11-15H2,1-2H3,(H,20,22). The molecule has 0 spiro atoms. The van der Waals surface area contributed by atoms with Gasteiger partial charge in [-0.1, -0.05) is 49.6 Å². The maximum Gasteiger partial charge on any atom is 0.234 e. The van der Waals surface area contributed by atoms with Crippen molar-refractivity contribution in [3.05, 3.63) is 35.9 Å². The highest BCUT2D eigenvalue weighted by atomic mass is 16.5. The zero-order valence-electron chi connectivity index (χ0n) is 14.5. The Balaban J connectivity index is 1.84. The van der Waals surface area contributed by atoms with E-state index in [0.717, 1.165) is 19.3 Å². The number of hydrogen-bond acceptors (Lipinski definition) is 3. The van der Waals surface area contributed by atoms with Crippen LogP contribution in [0.5, 0.6) is 0 Å². The Bertz CT molecular complexity index is 458. The SMILES string of the molecule is COCC(Cc1ccccc1)N(C)CC(=O)NC1CCCCC1. The van der Waals surface area contributed by atoms with Crippen LogP contribution in [0.1, 0.15) is 37.7 Å². The van der Waals surface area contributed by atoms with E-state index >= 15 is 0 Å². The molecule has 1 amide bonds. The minimum Gasteiger partial charge on any atom is -0.383 e. The Morgan fingerprint density at radius 1 is 1.26 bits per heavy atom. The molecule has 1 atom stereocenters. The maximum absolute atomic E-state index is 12.3. The van der Waals surface area contributed by atoms with Gasteiger partial charge in [-0.2, -0.15) is 0 Å². The molecular weight excluding hydrogens is 288 g/mol. The minimum atomic E-state index is 0.133. The molecule has 0 aliphatic heterocycles. The summed E-state index contributed by atoms with van der Waals surface area (Å²) in [6.45, 7) is 1.06. The third-order valence-electron chi connectivity index (χ3n) is 4.66. The fourth-order valence-corrected chi connectivity index (χ4v) is 3.30. The van der Waals surface area contributed by atoms with Crippen LogP contribution in [0, 0.1) is 0 Å². The number of likely N-dealkylation sites (N-methyl/N-ethyl adjacent to an activating group) is 1. The van der Waals surface area contributed by atoms with Crippen molar-refractivity contribution in [2.75, 3.05) is 27.3 Å².